The third kappa shape index (κ3) is 4.52. The van der Waals surface area contributed by atoms with Crippen molar-refractivity contribution in [1.29, 1.82) is 0 Å². The van der Waals surface area contributed by atoms with Crippen LogP contribution < -0.4 is 0 Å². The maximum absolute atomic E-state index is 4.68. The van der Waals surface area contributed by atoms with E-state index in [1.54, 1.807) is 0 Å². The van der Waals surface area contributed by atoms with Crippen molar-refractivity contribution in [2.75, 3.05) is 0 Å². The number of hydrogen-bond acceptors (Lipinski definition) is 4. The summed E-state index contributed by atoms with van der Waals surface area (Å²) in [7, 11) is 0. The van der Waals surface area contributed by atoms with Crippen LogP contribution in [0, 0.1) is 0 Å². The van der Waals surface area contributed by atoms with E-state index >= 15 is 0 Å². The van der Waals surface area contributed by atoms with E-state index in [9.17, 15) is 0 Å². The molecular formula is C17H14N2S2. The molecule has 0 amide bonds. The molecule has 0 aromatic heterocycles. The van der Waals surface area contributed by atoms with Gasteiger partial charge in [-0.2, -0.15) is 9.98 Å². The van der Waals surface area contributed by atoms with Gasteiger partial charge in [0.15, 0.2) is 0 Å². The molecule has 0 radical (unpaired) electrons. The topological polar surface area (TPSA) is 24.7 Å². The summed E-state index contributed by atoms with van der Waals surface area (Å²) in [5, 5.41) is 4.86. The minimum Gasteiger partial charge on any atom is -0.194 e. The smallest absolute Gasteiger partial charge is 0.0771 e. The van der Waals surface area contributed by atoms with Crippen LogP contribution >= 0.6 is 24.4 Å². The number of thiocarbonyl (C=S) groups is 2. The first-order valence-corrected chi connectivity index (χ1v) is 7.48. The first-order chi connectivity index (χ1) is 10.3. The Bertz CT molecular complexity index is 651. The van der Waals surface area contributed by atoms with Gasteiger partial charge in [-0.05, 0) is 67.0 Å². The van der Waals surface area contributed by atoms with Crippen LogP contribution in [-0.4, -0.2) is 10.3 Å². The lowest BCUT2D eigenvalue weighted by atomic mass is 10.0. The van der Waals surface area contributed by atoms with E-state index in [1.165, 1.54) is 11.1 Å². The summed E-state index contributed by atoms with van der Waals surface area (Å²) in [5.74, 6) is 0. The molecule has 0 saturated carbocycles. The molecule has 0 fully saturated rings. The Morgan fingerprint density at radius 2 is 1.14 bits per heavy atom. The molecule has 0 aliphatic rings. The SMILES string of the molecule is S=C=Nc1ccccc1CCCc1ccccc1N=C=S. The van der Waals surface area contributed by atoms with Gasteiger partial charge in [-0.15, -0.1) is 0 Å². The lowest BCUT2D eigenvalue weighted by Crippen LogP contribution is -1.91. The van der Waals surface area contributed by atoms with Gasteiger partial charge in [0.25, 0.3) is 0 Å². The highest BCUT2D eigenvalue weighted by Gasteiger charge is 2.03. The number of rotatable bonds is 6. The highest BCUT2D eigenvalue weighted by atomic mass is 32.1. The molecule has 104 valence electrons. The summed E-state index contributed by atoms with van der Waals surface area (Å²) < 4.78 is 0. The summed E-state index contributed by atoms with van der Waals surface area (Å²) in [6.45, 7) is 0. The molecule has 0 N–H and O–H groups in total. The molecule has 0 unspecified atom stereocenters. The number of para-hydroxylation sites is 2. The van der Waals surface area contributed by atoms with Crippen molar-refractivity contribution < 1.29 is 0 Å². The zero-order valence-electron chi connectivity index (χ0n) is 11.5. The van der Waals surface area contributed by atoms with Crippen molar-refractivity contribution in [3.8, 4) is 0 Å². The third-order valence-electron chi connectivity index (χ3n) is 3.21. The highest BCUT2D eigenvalue weighted by Crippen LogP contribution is 2.23. The van der Waals surface area contributed by atoms with Gasteiger partial charge in [0.05, 0.1) is 21.7 Å². The quantitative estimate of drug-likeness (QED) is 0.532. The van der Waals surface area contributed by atoms with E-state index in [4.69, 9.17) is 0 Å². The molecule has 0 heterocycles. The Hall–Kier alpha value is -1.96. The number of hydrogen-bond donors (Lipinski definition) is 0. The molecule has 0 saturated heterocycles. The minimum absolute atomic E-state index is 0.901. The lowest BCUT2D eigenvalue weighted by Gasteiger charge is -2.06. The maximum atomic E-state index is 4.68. The summed E-state index contributed by atoms with van der Waals surface area (Å²) in [5.41, 5.74) is 4.17. The van der Waals surface area contributed by atoms with E-state index in [0.717, 1.165) is 30.6 Å². The van der Waals surface area contributed by atoms with E-state index < -0.39 is 0 Å². The van der Waals surface area contributed by atoms with Crippen LogP contribution in [-0.2, 0) is 12.8 Å². The fourth-order valence-electron chi connectivity index (χ4n) is 2.23. The summed E-state index contributed by atoms with van der Waals surface area (Å²) in [4.78, 5) is 8.20. The molecule has 0 aliphatic heterocycles. The number of isothiocyanates is 2. The van der Waals surface area contributed by atoms with Crippen LogP contribution in [0.25, 0.3) is 0 Å². The first-order valence-electron chi connectivity index (χ1n) is 6.66. The molecule has 0 spiro atoms. The van der Waals surface area contributed by atoms with Crippen LogP contribution in [0.1, 0.15) is 17.5 Å². The number of aliphatic imine (C=N–C) groups is 2. The van der Waals surface area contributed by atoms with Gasteiger partial charge in [-0.1, -0.05) is 36.4 Å². The van der Waals surface area contributed by atoms with E-state index in [1.807, 2.05) is 36.4 Å². The Morgan fingerprint density at radius 1 is 0.714 bits per heavy atom. The van der Waals surface area contributed by atoms with E-state index in [0.29, 0.717) is 0 Å². The van der Waals surface area contributed by atoms with Crippen LogP contribution in [0.5, 0.6) is 0 Å². The molecule has 2 aromatic carbocycles. The summed E-state index contributed by atoms with van der Waals surface area (Å²) >= 11 is 9.37. The maximum Gasteiger partial charge on any atom is 0.0771 e. The van der Waals surface area contributed by atoms with Gasteiger partial charge in [0.2, 0.25) is 0 Å². The molecule has 4 heteroatoms. The molecule has 2 rings (SSSR count). The van der Waals surface area contributed by atoms with Gasteiger partial charge in [-0.3, -0.25) is 0 Å². The second kappa shape index (κ2) is 8.35. The van der Waals surface area contributed by atoms with Crippen LogP contribution in [0.3, 0.4) is 0 Å². The van der Waals surface area contributed by atoms with Gasteiger partial charge in [0.1, 0.15) is 0 Å². The van der Waals surface area contributed by atoms with Crippen LogP contribution in [0.4, 0.5) is 11.4 Å². The Morgan fingerprint density at radius 3 is 1.57 bits per heavy atom. The lowest BCUT2D eigenvalue weighted by molar-refractivity contribution is 0.821. The molecular weight excluding hydrogens is 296 g/mol. The Balaban J connectivity index is 2.05. The monoisotopic (exact) mass is 310 g/mol. The third-order valence-corrected chi connectivity index (χ3v) is 3.39. The van der Waals surface area contributed by atoms with Crippen molar-refractivity contribution in [3.05, 3.63) is 59.7 Å². The number of nitrogens with zero attached hydrogens (tertiary/aromatic N) is 2. The van der Waals surface area contributed by atoms with E-state index in [2.05, 4.69) is 56.9 Å². The normalized spacial score (nSPS) is 9.52. The fourth-order valence-corrected chi connectivity index (χ4v) is 2.43. The summed E-state index contributed by atoms with van der Waals surface area (Å²) in [6, 6.07) is 16.0. The van der Waals surface area contributed by atoms with Crippen molar-refractivity contribution >= 4 is 46.1 Å². The number of aryl methyl sites for hydroxylation is 2. The average Bonchev–Trinajstić information content (AvgIpc) is 2.51. The van der Waals surface area contributed by atoms with Crippen LogP contribution in [0.15, 0.2) is 58.5 Å². The van der Waals surface area contributed by atoms with Crippen molar-refractivity contribution in [1.82, 2.24) is 0 Å². The molecule has 0 bridgehead atoms. The largest absolute Gasteiger partial charge is 0.194 e. The zero-order valence-corrected chi connectivity index (χ0v) is 13.1. The van der Waals surface area contributed by atoms with Gasteiger partial charge < -0.3 is 0 Å². The number of benzene rings is 2. The van der Waals surface area contributed by atoms with Crippen molar-refractivity contribution in [2.24, 2.45) is 9.98 Å². The first kappa shape index (κ1) is 15.4. The molecule has 0 aliphatic carbocycles. The Labute approximate surface area is 135 Å². The Kier molecular flexibility index (Phi) is 6.14. The standard InChI is InChI=1S/C17H14N2S2/c20-12-18-16-10-3-1-6-14(16)8-5-9-15-7-2-4-11-17(15)19-13-21/h1-4,6-7,10-11H,5,8-9H2. The predicted molar refractivity (Wildman–Crippen MR) is 94.3 cm³/mol. The van der Waals surface area contributed by atoms with Crippen LogP contribution in [0.2, 0.25) is 0 Å². The van der Waals surface area contributed by atoms with Crippen molar-refractivity contribution in [2.45, 2.75) is 19.3 Å². The van der Waals surface area contributed by atoms with E-state index in [-0.39, 0.29) is 0 Å². The second-order valence-electron chi connectivity index (χ2n) is 4.52. The molecule has 2 nitrogen and oxygen atoms in total. The van der Waals surface area contributed by atoms with Crippen molar-refractivity contribution in [3.63, 3.8) is 0 Å². The minimum atomic E-state index is 0.901. The molecule has 2 aromatic rings. The molecule has 21 heavy (non-hydrogen) atoms. The van der Waals surface area contributed by atoms with Gasteiger partial charge >= 0.3 is 0 Å². The average molecular weight is 310 g/mol. The highest BCUT2D eigenvalue weighted by molar-refractivity contribution is 7.78. The second-order valence-corrected chi connectivity index (χ2v) is 4.88. The summed E-state index contributed by atoms with van der Waals surface area (Å²) in [6.07, 6.45) is 2.88. The van der Waals surface area contributed by atoms with Gasteiger partial charge in [0, 0.05) is 0 Å². The zero-order chi connectivity index (χ0) is 14.9. The molecule has 0 atom stereocenters. The fraction of sp³-hybridized carbons (Fsp3) is 0.176. The predicted octanol–water partition coefficient (Wildman–Crippen LogP) is 5.33. The van der Waals surface area contributed by atoms with Gasteiger partial charge in [-0.25, -0.2) is 0 Å².